The van der Waals surface area contributed by atoms with Gasteiger partial charge in [0.2, 0.25) is 5.95 Å². The largest absolute Gasteiger partial charge is 0.497 e. The Bertz CT molecular complexity index is 916. The fraction of sp³-hybridized carbons (Fsp3) is 0.150. The third kappa shape index (κ3) is 5.18. The molecule has 0 fully saturated rings. The third-order valence-electron chi connectivity index (χ3n) is 3.87. The minimum atomic E-state index is -0.220. The fourth-order valence-corrected chi connectivity index (χ4v) is 2.63. The van der Waals surface area contributed by atoms with Crippen LogP contribution in [0.4, 0.5) is 11.6 Å². The molecule has 1 amide bonds. The van der Waals surface area contributed by atoms with Gasteiger partial charge in [0.15, 0.2) is 0 Å². The number of hydrogen-bond acceptors (Lipinski definition) is 5. The quantitative estimate of drug-likeness (QED) is 0.649. The molecule has 138 valence electrons. The summed E-state index contributed by atoms with van der Waals surface area (Å²) < 4.78 is 5.19. The van der Waals surface area contributed by atoms with Crippen molar-refractivity contribution in [3.05, 3.63) is 77.1 Å². The van der Waals surface area contributed by atoms with Gasteiger partial charge in [0.25, 0.3) is 5.91 Å². The minimum absolute atomic E-state index is 0.220. The Balaban J connectivity index is 1.53. The van der Waals surface area contributed by atoms with Crippen LogP contribution < -0.4 is 15.4 Å². The average molecular weight is 383 g/mol. The number of nitrogens with zero attached hydrogens (tertiary/aromatic N) is 2. The normalized spacial score (nSPS) is 10.3. The Morgan fingerprint density at radius 1 is 1.11 bits per heavy atom. The zero-order valence-electron chi connectivity index (χ0n) is 14.8. The highest BCUT2D eigenvalue weighted by molar-refractivity contribution is 6.33. The predicted molar refractivity (Wildman–Crippen MR) is 106 cm³/mol. The number of aromatic nitrogens is 2. The molecule has 7 heteroatoms. The first-order valence-electron chi connectivity index (χ1n) is 8.40. The summed E-state index contributed by atoms with van der Waals surface area (Å²) in [5.41, 5.74) is 2.19. The number of ether oxygens (including phenoxy) is 1. The van der Waals surface area contributed by atoms with Crippen molar-refractivity contribution >= 4 is 29.1 Å². The number of anilines is 2. The van der Waals surface area contributed by atoms with Gasteiger partial charge in [0.05, 0.1) is 23.4 Å². The van der Waals surface area contributed by atoms with Gasteiger partial charge in [-0.05, 0) is 36.2 Å². The number of para-hydroxylation sites is 1. The van der Waals surface area contributed by atoms with Crippen molar-refractivity contribution in [1.82, 2.24) is 15.3 Å². The van der Waals surface area contributed by atoms with E-state index >= 15 is 0 Å². The van der Waals surface area contributed by atoms with Gasteiger partial charge in [-0.15, -0.1) is 0 Å². The molecule has 0 aliphatic carbocycles. The molecular formula is C20H19ClN4O2. The molecule has 2 N–H and O–H groups in total. The summed E-state index contributed by atoms with van der Waals surface area (Å²) in [4.78, 5) is 20.6. The first-order chi connectivity index (χ1) is 13.2. The fourth-order valence-electron chi connectivity index (χ4n) is 2.44. The van der Waals surface area contributed by atoms with Crippen molar-refractivity contribution in [3.63, 3.8) is 0 Å². The lowest BCUT2D eigenvalue weighted by Crippen LogP contribution is -2.26. The molecule has 0 bridgehead atoms. The summed E-state index contributed by atoms with van der Waals surface area (Å²) in [5.74, 6) is 0.951. The van der Waals surface area contributed by atoms with Gasteiger partial charge < -0.3 is 15.4 Å². The van der Waals surface area contributed by atoms with Crippen molar-refractivity contribution < 1.29 is 9.53 Å². The smallest absolute Gasteiger partial charge is 0.254 e. The van der Waals surface area contributed by atoms with Crippen LogP contribution in [0.3, 0.4) is 0 Å². The lowest BCUT2D eigenvalue weighted by Gasteiger charge is -2.08. The van der Waals surface area contributed by atoms with Crippen LogP contribution in [0, 0.1) is 0 Å². The molecule has 0 aliphatic heterocycles. The molecule has 0 radical (unpaired) electrons. The van der Waals surface area contributed by atoms with E-state index in [9.17, 15) is 4.79 Å². The molecule has 0 spiro atoms. The second-order valence-electron chi connectivity index (χ2n) is 5.76. The van der Waals surface area contributed by atoms with Crippen LogP contribution in [0.15, 0.2) is 60.9 Å². The van der Waals surface area contributed by atoms with Crippen molar-refractivity contribution in [2.45, 2.75) is 6.42 Å². The van der Waals surface area contributed by atoms with Crippen LogP contribution in [0.1, 0.15) is 15.9 Å². The maximum absolute atomic E-state index is 12.2. The highest BCUT2D eigenvalue weighted by Gasteiger charge is 2.08. The second-order valence-corrected chi connectivity index (χ2v) is 6.16. The Morgan fingerprint density at radius 2 is 1.89 bits per heavy atom. The van der Waals surface area contributed by atoms with Crippen molar-refractivity contribution in [1.29, 1.82) is 0 Å². The van der Waals surface area contributed by atoms with E-state index in [1.165, 1.54) is 12.4 Å². The van der Waals surface area contributed by atoms with E-state index in [4.69, 9.17) is 16.3 Å². The zero-order chi connectivity index (χ0) is 19.1. The highest BCUT2D eigenvalue weighted by atomic mass is 35.5. The molecule has 0 aliphatic rings. The molecule has 6 nitrogen and oxygen atoms in total. The van der Waals surface area contributed by atoms with Crippen molar-refractivity contribution in [2.24, 2.45) is 0 Å². The summed E-state index contributed by atoms with van der Waals surface area (Å²) in [6, 6.07) is 15.0. The van der Waals surface area contributed by atoms with Gasteiger partial charge in [-0.1, -0.05) is 35.9 Å². The molecule has 0 saturated carbocycles. The number of carbonyl (C=O) groups is 1. The summed E-state index contributed by atoms with van der Waals surface area (Å²) >= 11 is 6.09. The van der Waals surface area contributed by atoms with Crippen LogP contribution in [0.25, 0.3) is 0 Å². The molecule has 0 atom stereocenters. The van der Waals surface area contributed by atoms with Crippen LogP contribution in [0.2, 0.25) is 5.02 Å². The van der Waals surface area contributed by atoms with Crippen molar-refractivity contribution in [2.75, 3.05) is 19.0 Å². The molecule has 0 saturated heterocycles. The second kappa shape index (κ2) is 9.00. The summed E-state index contributed by atoms with van der Waals surface area (Å²) in [5, 5.41) is 6.45. The summed E-state index contributed by atoms with van der Waals surface area (Å²) in [6.07, 6.45) is 3.66. The molecule has 0 unspecified atom stereocenters. The molecular weight excluding hydrogens is 364 g/mol. The summed E-state index contributed by atoms with van der Waals surface area (Å²) in [7, 11) is 1.63. The monoisotopic (exact) mass is 382 g/mol. The Morgan fingerprint density at radius 3 is 2.63 bits per heavy atom. The first kappa shape index (κ1) is 18.7. The number of benzene rings is 2. The maximum atomic E-state index is 12.2. The number of amides is 1. The van der Waals surface area contributed by atoms with E-state index in [0.29, 0.717) is 35.2 Å². The Hall–Kier alpha value is -3.12. The topological polar surface area (TPSA) is 76.1 Å². The van der Waals surface area contributed by atoms with Crippen molar-refractivity contribution in [3.8, 4) is 5.75 Å². The van der Waals surface area contributed by atoms with Crippen LogP contribution in [-0.4, -0.2) is 29.5 Å². The van der Waals surface area contributed by atoms with Crippen LogP contribution >= 0.6 is 11.6 Å². The SMILES string of the molecule is COc1cccc(CCNC(=O)c2cnc(Nc3ccccc3Cl)nc2)c1. The Kier molecular flexibility index (Phi) is 6.22. The number of carbonyl (C=O) groups excluding carboxylic acids is 1. The molecule has 2 aromatic carbocycles. The highest BCUT2D eigenvalue weighted by Crippen LogP contribution is 2.22. The van der Waals surface area contributed by atoms with Gasteiger partial charge in [-0.2, -0.15) is 0 Å². The van der Waals surface area contributed by atoms with E-state index < -0.39 is 0 Å². The lowest BCUT2D eigenvalue weighted by molar-refractivity contribution is 0.0953. The van der Waals surface area contributed by atoms with E-state index in [1.807, 2.05) is 42.5 Å². The van der Waals surface area contributed by atoms with Gasteiger partial charge in [-0.25, -0.2) is 9.97 Å². The van der Waals surface area contributed by atoms with E-state index in [0.717, 1.165) is 11.3 Å². The van der Waals surface area contributed by atoms with Crippen LogP contribution in [-0.2, 0) is 6.42 Å². The lowest BCUT2D eigenvalue weighted by atomic mass is 10.1. The van der Waals surface area contributed by atoms with Gasteiger partial charge in [0, 0.05) is 18.9 Å². The van der Waals surface area contributed by atoms with Gasteiger partial charge in [-0.3, -0.25) is 4.79 Å². The Labute approximate surface area is 162 Å². The molecule has 27 heavy (non-hydrogen) atoms. The molecule has 3 rings (SSSR count). The molecule has 1 aromatic heterocycles. The number of methoxy groups -OCH3 is 1. The number of halogens is 1. The van der Waals surface area contributed by atoms with E-state index in [-0.39, 0.29) is 5.91 Å². The van der Waals surface area contributed by atoms with Gasteiger partial charge >= 0.3 is 0 Å². The number of hydrogen-bond donors (Lipinski definition) is 2. The predicted octanol–water partition coefficient (Wildman–Crippen LogP) is 3.85. The molecule has 1 heterocycles. The summed E-state index contributed by atoms with van der Waals surface area (Å²) in [6.45, 7) is 0.506. The van der Waals surface area contributed by atoms with E-state index in [1.54, 1.807) is 13.2 Å². The number of rotatable bonds is 7. The van der Waals surface area contributed by atoms with E-state index in [2.05, 4.69) is 20.6 Å². The van der Waals surface area contributed by atoms with Crippen LogP contribution in [0.5, 0.6) is 5.75 Å². The third-order valence-corrected chi connectivity index (χ3v) is 4.20. The van der Waals surface area contributed by atoms with Gasteiger partial charge in [0.1, 0.15) is 5.75 Å². The average Bonchev–Trinajstić information content (AvgIpc) is 2.70. The molecule has 3 aromatic rings. The minimum Gasteiger partial charge on any atom is -0.497 e. The standard InChI is InChI=1S/C20H19ClN4O2/c1-27-16-6-4-5-14(11-16)9-10-22-19(26)15-12-23-20(24-13-15)25-18-8-3-2-7-17(18)21/h2-8,11-13H,9-10H2,1H3,(H,22,26)(H,23,24,25). The first-order valence-corrected chi connectivity index (χ1v) is 8.78. The maximum Gasteiger partial charge on any atom is 0.254 e. The number of nitrogens with one attached hydrogen (secondary N) is 2. The zero-order valence-corrected chi connectivity index (χ0v) is 15.5.